The average molecular weight is 408 g/mol. The van der Waals surface area contributed by atoms with Gasteiger partial charge in [-0.15, -0.1) is 0 Å². The Kier molecular flexibility index (Phi) is 5.11. The van der Waals surface area contributed by atoms with E-state index in [1.165, 1.54) is 16.7 Å². The molecule has 0 spiro atoms. The summed E-state index contributed by atoms with van der Waals surface area (Å²) in [6.07, 6.45) is 5.83. The van der Waals surface area contributed by atoms with Crippen LogP contribution in [0.15, 0.2) is 36.5 Å². The molecule has 1 aliphatic carbocycles. The van der Waals surface area contributed by atoms with E-state index < -0.39 is 6.23 Å². The molecule has 6 heteroatoms. The lowest BCUT2D eigenvalue weighted by molar-refractivity contribution is -0.120. The average Bonchev–Trinajstić information content (AvgIpc) is 3.30. The number of aromatic nitrogens is 1. The number of aliphatic hydroxyl groups excluding tert-OH is 1. The second kappa shape index (κ2) is 7.91. The van der Waals surface area contributed by atoms with Crippen LogP contribution in [0.5, 0.6) is 5.75 Å². The van der Waals surface area contributed by atoms with E-state index in [1.54, 1.807) is 0 Å². The van der Waals surface area contributed by atoms with Gasteiger partial charge in [-0.05, 0) is 73.4 Å². The van der Waals surface area contributed by atoms with Crippen LogP contribution in [0.25, 0.3) is 0 Å². The van der Waals surface area contributed by atoms with E-state index in [2.05, 4.69) is 52.5 Å². The summed E-state index contributed by atoms with van der Waals surface area (Å²) in [5.41, 5.74) is 3.72. The van der Waals surface area contributed by atoms with Crippen molar-refractivity contribution in [2.24, 2.45) is 5.92 Å². The molecule has 6 nitrogen and oxygen atoms in total. The van der Waals surface area contributed by atoms with Gasteiger partial charge < -0.3 is 20.1 Å². The molecule has 2 N–H and O–H groups in total. The Morgan fingerprint density at radius 1 is 1.23 bits per heavy atom. The van der Waals surface area contributed by atoms with Crippen LogP contribution in [-0.2, 0) is 11.2 Å². The van der Waals surface area contributed by atoms with Gasteiger partial charge >= 0.3 is 0 Å². The highest BCUT2D eigenvalue weighted by Crippen LogP contribution is 2.43. The number of aliphatic hydroxyl groups is 1. The largest absolute Gasteiger partial charge is 0.489 e. The van der Waals surface area contributed by atoms with Gasteiger partial charge in [-0.1, -0.05) is 12.1 Å². The number of nitrogens with one attached hydrogen (secondary N) is 1. The number of nitrogens with zero attached hydrogens (tertiary/aromatic N) is 2. The predicted octanol–water partition coefficient (Wildman–Crippen LogP) is 2.92. The minimum Gasteiger partial charge on any atom is -0.489 e. The molecule has 2 saturated heterocycles. The van der Waals surface area contributed by atoms with Gasteiger partial charge in [0.25, 0.3) is 0 Å². The molecule has 2 fully saturated rings. The number of fused-ring (bicyclic) bond motifs is 1. The van der Waals surface area contributed by atoms with Gasteiger partial charge in [0.2, 0.25) is 5.91 Å². The number of hydrogen-bond acceptors (Lipinski definition) is 5. The fraction of sp³-hybridized carbons (Fsp3) is 0.500. The van der Waals surface area contributed by atoms with Gasteiger partial charge in [0.05, 0.1) is 6.54 Å². The van der Waals surface area contributed by atoms with Gasteiger partial charge in [0.1, 0.15) is 23.9 Å². The van der Waals surface area contributed by atoms with Crippen molar-refractivity contribution in [1.82, 2.24) is 10.3 Å². The quantitative estimate of drug-likeness (QED) is 0.815. The van der Waals surface area contributed by atoms with E-state index in [1.807, 2.05) is 6.20 Å². The van der Waals surface area contributed by atoms with Crippen molar-refractivity contribution >= 4 is 11.7 Å². The maximum Gasteiger partial charge on any atom is 0.222 e. The number of anilines is 1. The zero-order chi connectivity index (χ0) is 20.7. The third-order valence-electron chi connectivity index (χ3n) is 6.79. The van der Waals surface area contributed by atoms with Crippen LogP contribution in [0, 0.1) is 12.8 Å². The number of hydrogen-bond donors (Lipinski definition) is 2. The Hall–Kier alpha value is -2.60. The normalized spacial score (nSPS) is 28.3. The van der Waals surface area contributed by atoms with Crippen LogP contribution < -0.4 is 15.0 Å². The fourth-order valence-electron chi connectivity index (χ4n) is 5.25. The van der Waals surface area contributed by atoms with Crippen LogP contribution in [0.2, 0.25) is 0 Å². The van der Waals surface area contributed by atoms with Crippen molar-refractivity contribution in [3.8, 4) is 5.75 Å². The first kappa shape index (κ1) is 19.4. The molecule has 2 aliphatic heterocycles. The summed E-state index contributed by atoms with van der Waals surface area (Å²) >= 11 is 0. The Labute approximate surface area is 177 Å². The standard InChI is InChI=1S/C24H29N3O3/c1-15-4-9-22(25-13-15)27-10-2-3-18(14-27)30-17-6-8-19-16(11-17)5-7-20(19)21-12-23(28)26-24(21)29/h4,6,8-9,11,13,18,20-21,24,29H,2-3,5,7,10,12,14H2,1H3,(H,26,28). The first-order chi connectivity index (χ1) is 14.6. The molecule has 158 valence electrons. The number of aryl methyl sites for hydroxylation is 2. The van der Waals surface area contributed by atoms with Crippen LogP contribution >= 0.6 is 0 Å². The smallest absolute Gasteiger partial charge is 0.222 e. The van der Waals surface area contributed by atoms with E-state index in [0.29, 0.717) is 6.42 Å². The molecule has 0 bridgehead atoms. The number of benzene rings is 1. The number of amides is 1. The molecule has 3 heterocycles. The summed E-state index contributed by atoms with van der Waals surface area (Å²) in [4.78, 5) is 18.5. The van der Waals surface area contributed by atoms with Gasteiger partial charge in [0, 0.05) is 25.1 Å². The molecule has 1 amide bonds. The minimum absolute atomic E-state index is 0.0283. The molecule has 0 radical (unpaired) electrons. The van der Waals surface area contributed by atoms with Crippen LogP contribution in [0.3, 0.4) is 0 Å². The Bertz CT molecular complexity index is 930. The molecular weight excluding hydrogens is 378 g/mol. The minimum atomic E-state index is -0.729. The van der Waals surface area contributed by atoms with Gasteiger partial charge in [0.15, 0.2) is 0 Å². The molecule has 30 heavy (non-hydrogen) atoms. The molecule has 3 aliphatic rings. The SMILES string of the molecule is Cc1ccc(N2CCCC(Oc3ccc4c(c3)CCC4C3CC(=O)NC3O)C2)nc1. The number of ether oxygens (including phenoxy) is 1. The molecular formula is C24H29N3O3. The van der Waals surface area contributed by atoms with Crippen LogP contribution in [0.4, 0.5) is 5.82 Å². The second-order valence-corrected chi connectivity index (χ2v) is 8.91. The monoisotopic (exact) mass is 407 g/mol. The fourth-order valence-corrected chi connectivity index (χ4v) is 5.25. The molecule has 4 atom stereocenters. The second-order valence-electron chi connectivity index (χ2n) is 8.91. The topological polar surface area (TPSA) is 74.7 Å². The van der Waals surface area contributed by atoms with Crippen molar-refractivity contribution in [2.45, 2.75) is 57.3 Å². The van der Waals surface area contributed by atoms with Crippen molar-refractivity contribution in [1.29, 1.82) is 0 Å². The maximum atomic E-state index is 11.7. The highest BCUT2D eigenvalue weighted by molar-refractivity contribution is 5.79. The molecule has 2 aromatic rings. The lowest BCUT2D eigenvalue weighted by atomic mass is 9.85. The zero-order valence-corrected chi connectivity index (χ0v) is 17.4. The number of pyridine rings is 1. The van der Waals surface area contributed by atoms with E-state index >= 15 is 0 Å². The van der Waals surface area contributed by atoms with E-state index in [0.717, 1.165) is 50.3 Å². The Morgan fingerprint density at radius 3 is 2.90 bits per heavy atom. The van der Waals surface area contributed by atoms with Crippen molar-refractivity contribution in [3.63, 3.8) is 0 Å². The molecule has 1 aromatic heterocycles. The van der Waals surface area contributed by atoms with Gasteiger partial charge in [-0.25, -0.2) is 4.98 Å². The third-order valence-corrected chi connectivity index (χ3v) is 6.79. The number of carbonyl (C=O) groups excluding carboxylic acids is 1. The summed E-state index contributed by atoms with van der Waals surface area (Å²) in [7, 11) is 0. The summed E-state index contributed by atoms with van der Waals surface area (Å²) < 4.78 is 6.37. The van der Waals surface area contributed by atoms with Crippen molar-refractivity contribution < 1.29 is 14.6 Å². The predicted molar refractivity (Wildman–Crippen MR) is 115 cm³/mol. The maximum absolute atomic E-state index is 11.7. The van der Waals surface area contributed by atoms with Crippen molar-refractivity contribution in [3.05, 3.63) is 53.2 Å². The van der Waals surface area contributed by atoms with E-state index in [9.17, 15) is 9.90 Å². The first-order valence-corrected chi connectivity index (χ1v) is 11.0. The molecule has 5 rings (SSSR count). The van der Waals surface area contributed by atoms with Crippen LogP contribution in [-0.4, -0.2) is 41.4 Å². The van der Waals surface area contributed by atoms with Crippen molar-refractivity contribution in [2.75, 3.05) is 18.0 Å². The zero-order valence-electron chi connectivity index (χ0n) is 17.4. The highest BCUT2D eigenvalue weighted by atomic mass is 16.5. The number of rotatable bonds is 4. The summed E-state index contributed by atoms with van der Waals surface area (Å²) in [5.74, 6) is 2.09. The molecule has 1 aromatic carbocycles. The third kappa shape index (κ3) is 3.76. The van der Waals surface area contributed by atoms with E-state index in [-0.39, 0.29) is 23.8 Å². The van der Waals surface area contributed by atoms with Gasteiger partial charge in [-0.2, -0.15) is 0 Å². The van der Waals surface area contributed by atoms with Crippen LogP contribution in [0.1, 0.15) is 48.3 Å². The number of piperidine rings is 1. The van der Waals surface area contributed by atoms with Gasteiger partial charge in [-0.3, -0.25) is 4.79 Å². The Morgan fingerprint density at radius 2 is 2.13 bits per heavy atom. The lowest BCUT2D eigenvalue weighted by Crippen LogP contribution is -2.41. The summed E-state index contributed by atoms with van der Waals surface area (Å²) in [5, 5.41) is 12.8. The molecule has 4 unspecified atom stereocenters. The highest BCUT2D eigenvalue weighted by Gasteiger charge is 2.40. The summed E-state index contributed by atoms with van der Waals surface area (Å²) in [6.45, 7) is 3.91. The number of carbonyl (C=O) groups is 1. The molecule has 0 saturated carbocycles. The summed E-state index contributed by atoms with van der Waals surface area (Å²) in [6, 6.07) is 10.5. The first-order valence-electron chi connectivity index (χ1n) is 11.0. The lowest BCUT2D eigenvalue weighted by Gasteiger charge is -2.33. The Balaban J connectivity index is 1.26. The van der Waals surface area contributed by atoms with E-state index in [4.69, 9.17) is 4.74 Å².